The Balaban J connectivity index is 1.69. The first-order valence-electron chi connectivity index (χ1n) is 7.47. The molecule has 116 valence electrons. The summed E-state index contributed by atoms with van der Waals surface area (Å²) in [5, 5.41) is 0.561. The first kappa shape index (κ1) is 15.0. The molecule has 0 N–H and O–H groups in total. The Kier molecular flexibility index (Phi) is 4.38. The normalized spacial score (nSPS) is 15.2. The minimum atomic E-state index is 0.561. The summed E-state index contributed by atoms with van der Waals surface area (Å²) in [7, 11) is 0. The van der Waals surface area contributed by atoms with Crippen molar-refractivity contribution in [3.8, 4) is 0 Å². The second kappa shape index (κ2) is 6.44. The molecule has 7 heteroatoms. The summed E-state index contributed by atoms with van der Waals surface area (Å²) in [5.41, 5.74) is 1.09. The van der Waals surface area contributed by atoms with Gasteiger partial charge in [-0.3, -0.25) is 0 Å². The summed E-state index contributed by atoms with van der Waals surface area (Å²) in [6.07, 6.45) is 4.20. The number of piperazine rings is 1. The molecule has 0 atom stereocenters. The topological polar surface area (TPSA) is 58.0 Å². The SMILES string of the molecule is CCc1cc(N2CCN(c3ncc(Cl)cn3)CC2)nc(C)n1. The lowest BCUT2D eigenvalue weighted by atomic mass is 10.2. The fourth-order valence-corrected chi connectivity index (χ4v) is 2.66. The monoisotopic (exact) mass is 318 g/mol. The number of hydrogen-bond donors (Lipinski definition) is 0. The molecular weight excluding hydrogens is 300 g/mol. The van der Waals surface area contributed by atoms with Gasteiger partial charge in [0.15, 0.2) is 0 Å². The van der Waals surface area contributed by atoms with E-state index in [0.717, 1.165) is 55.9 Å². The molecule has 1 saturated heterocycles. The predicted octanol–water partition coefficient (Wildman–Crippen LogP) is 2.12. The van der Waals surface area contributed by atoms with Gasteiger partial charge < -0.3 is 9.80 Å². The van der Waals surface area contributed by atoms with Crippen LogP contribution in [0.2, 0.25) is 5.02 Å². The van der Waals surface area contributed by atoms with Gasteiger partial charge in [0.05, 0.1) is 17.4 Å². The number of hydrogen-bond acceptors (Lipinski definition) is 6. The number of nitrogens with zero attached hydrogens (tertiary/aromatic N) is 6. The molecule has 0 aliphatic carbocycles. The molecule has 6 nitrogen and oxygen atoms in total. The third-order valence-electron chi connectivity index (χ3n) is 3.73. The van der Waals surface area contributed by atoms with Gasteiger partial charge in [-0.25, -0.2) is 19.9 Å². The van der Waals surface area contributed by atoms with Crippen molar-refractivity contribution in [1.82, 2.24) is 19.9 Å². The predicted molar refractivity (Wildman–Crippen MR) is 87.6 cm³/mol. The number of aromatic nitrogens is 4. The molecule has 0 spiro atoms. The number of halogens is 1. The van der Waals surface area contributed by atoms with Crippen LogP contribution in [0.5, 0.6) is 0 Å². The average Bonchev–Trinajstić information content (AvgIpc) is 2.55. The Morgan fingerprint density at radius 2 is 1.68 bits per heavy atom. The lowest BCUT2D eigenvalue weighted by molar-refractivity contribution is 0.632. The largest absolute Gasteiger partial charge is 0.353 e. The quantitative estimate of drug-likeness (QED) is 0.864. The molecule has 1 aliphatic heterocycles. The summed E-state index contributed by atoms with van der Waals surface area (Å²) in [6, 6.07) is 2.08. The summed E-state index contributed by atoms with van der Waals surface area (Å²) < 4.78 is 0. The maximum atomic E-state index is 5.83. The molecule has 0 bridgehead atoms. The first-order valence-corrected chi connectivity index (χ1v) is 7.85. The molecule has 1 fully saturated rings. The van der Waals surface area contributed by atoms with Gasteiger partial charge >= 0.3 is 0 Å². The van der Waals surface area contributed by atoms with E-state index < -0.39 is 0 Å². The van der Waals surface area contributed by atoms with E-state index in [4.69, 9.17) is 11.6 Å². The molecule has 22 heavy (non-hydrogen) atoms. The van der Waals surface area contributed by atoms with E-state index in [-0.39, 0.29) is 0 Å². The highest BCUT2D eigenvalue weighted by atomic mass is 35.5. The van der Waals surface area contributed by atoms with Crippen LogP contribution in [0.25, 0.3) is 0 Å². The second-order valence-electron chi connectivity index (χ2n) is 5.29. The van der Waals surface area contributed by atoms with Crippen LogP contribution in [0, 0.1) is 6.92 Å². The van der Waals surface area contributed by atoms with Gasteiger partial charge in [-0.05, 0) is 13.3 Å². The first-order chi connectivity index (χ1) is 10.7. The molecule has 3 rings (SSSR count). The fourth-order valence-electron chi connectivity index (χ4n) is 2.56. The van der Waals surface area contributed by atoms with E-state index in [0.29, 0.717) is 5.02 Å². The maximum Gasteiger partial charge on any atom is 0.225 e. The van der Waals surface area contributed by atoms with Gasteiger partial charge in [0.1, 0.15) is 11.6 Å². The molecule has 3 heterocycles. The summed E-state index contributed by atoms with van der Waals surface area (Å²) in [5.74, 6) is 2.58. The highest BCUT2D eigenvalue weighted by Crippen LogP contribution is 2.18. The lowest BCUT2D eigenvalue weighted by Crippen LogP contribution is -2.47. The minimum absolute atomic E-state index is 0.561. The molecule has 2 aromatic rings. The Morgan fingerprint density at radius 3 is 2.32 bits per heavy atom. The molecule has 0 radical (unpaired) electrons. The Labute approximate surface area is 135 Å². The van der Waals surface area contributed by atoms with Crippen molar-refractivity contribution < 1.29 is 0 Å². The van der Waals surface area contributed by atoms with E-state index >= 15 is 0 Å². The molecule has 0 saturated carbocycles. The van der Waals surface area contributed by atoms with E-state index in [2.05, 4.69) is 42.7 Å². The average molecular weight is 319 g/mol. The van der Waals surface area contributed by atoms with Crippen molar-refractivity contribution in [2.45, 2.75) is 20.3 Å². The van der Waals surface area contributed by atoms with Crippen molar-refractivity contribution >= 4 is 23.4 Å². The Hall–Kier alpha value is -1.95. The number of aryl methyl sites for hydroxylation is 2. The third kappa shape index (κ3) is 3.27. The standard InChI is InChI=1S/C15H19ClN6/c1-3-13-8-14(20-11(2)19-13)21-4-6-22(7-5-21)15-17-9-12(16)10-18-15/h8-10H,3-7H2,1-2H3. The molecule has 0 amide bonds. The highest BCUT2D eigenvalue weighted by molar-refractivity contribution is 6.30. The van der Waals surface area contributed by atoms with Crippen molar-refractivity contribution in [3.05, 3.63) is 35.0 Å². The van der Waals surface area contributed by atoms with Gasteiger partial charge in [0, 0.05) is 37.9 Å². The fraction of sp³-hybridized carbons (Fsp3) is 0.467. The van der Waals surface area contributed by atoms with Gasteiger partial charge in [0.25, 0.3) is 0 Å². The van der Waals surface area contributed by atoms with Crippen LogP contribution < -0.4 is 9.80 Å². The number of anilines is 2. The van der Waals surface area contributed by atoms with Gasteiger partial charge in [0.2, 0.25) is 5.95 Å². The van der Waals surface area contributed by atoms with Crippen LogP contribution in [0.1, 0.15) is 18.4 Å². The second-order valence-corrected chi connectivity index (χ2v) is 5.73. The molecule has 0 aromatic carbocycles. The van der Waals surface area contributed by atoms with Crippen LogP contribution >= 0.6 is 11.6 Å². The molecule has 0 unspecified atom stereocenters. The molecule has 1 aliphatic rings. The zero-order valence-electron chi connectivity index (χ0n) is 12.8. The van der Waals surface area contributed by atoms with Gasteiger partial charge in [-0.15, -0.1) is 0 Å². The van der Waals surface area contributed by atoms with Crippen LogP contribution in [0.15, 0.2) is 18.5 Å². The van der Waals surface area contributed by atoms with Crippen molar-refractivity contribution in [1.29, 1.82) is 0 Å². The minimum Gasteiger partial charge on any atom is -0.353 e. The van der Waals surface area contributed by atoms with Crippen molar-refractivity contribution in [2.75, 3.05) is 36.0 Å². The van der Waals surface area contributed by atoms with E-state index in [1.54, 1.807) is 12.4 Å². The lowest BCUT2D eigenvalue weighted by Gasteiger charge is -2.35. The van der Waals surface area contributed by atoms with E-state index in [1.807, 2.05) is 6.92 Å². The smallest absolute Gasteiger partial charge is 0.225 e. The summed E-state index contributed by atoms with van der Waals surface area (Å²) in [6.45, 7) is 7.58. The summed E-state index contributed by atoms with van der Waals surface area (Å²) in [4.78, 5) is 22.0. The Bertz CT molecular complexity index is 637. The van der Waals surface area contributed by atoms with Crippen LogP contribution in [-0.4, -0.2) is 46.1 Å². The Morgan fingerprint density at radius 1 is 1.05 bits per heavy atom. The molecular formula is C15H19ClN6. The van der Waals surface area contributed by atoms with Gasteiger partial charge in [-0.1, -0.05) is 18.5 Å². The highest BCUT2D eigenvalue weighted by Gasteiger charge is 2.20. The summed E-state index contributed by atoms with van der Waals surface area (Å²) >= 11 is 5.83. The van der Waals surface area contributed by atoms with E-state index in [1.165, 1.54) is 0 Å². The van der Waals surface area contributed by atoms with Crippen LogP contribution in [0.4, 0.5) is 11.8 Å². The van der Waals surface area contributed by atoms with Crippen LogP contribution in [-0.2, 0) is 6.42 Å². The van der Waals surface area contributed by atoms with Gasteiger partial charge in [-0.2, -0.15) is 0 Å². The molecule has 2 aromatic heterocycles. The number of rotatable bonds is 3. The zero-order valence-corrected chi connectivity index (χ0v) is 13.6. The van der Waals surface area contributed by atoms with E-state index in [9.17, 15) is 0 Å². The zero-order chi connectivity index (χ0) is 15.5. The van der Waals surface area contributed by atoms with Crippen LogP contribution in [0.3, 0.4) is 0 Å². The maximum absolute atomic E-state index is 5.83. The third-order valence-corrected chi connectivity index (χ3v) is 3.93. The van der Waals surface area contributed by atoms with Crippen molar-refractivity contribution in [2.24, 2.45) is 0 Å². The van der Waals surface area contributed by atoms with Crippen molar-refractivity contribution in [3.63, 3.8) is 0 Å².